The third kappa shape index (κ3) is 2.73. The van der Waals surface area contributed by atoms with Gasteiger partial charge in [0.15, 0.2) is 0 Å². The average molecular weight is 374 g/mol. The molecule has 0 saturated heterocycles. The summed E-state index contributed by atoms with van der Waals surface area (Å²) in [6.07, 6.45) is 2.03. The fourth-order valence-corrected chi connectivity index (χ4v) is 4.99. The van der Waals surface area contributed by atoms with Crippen molar-refractivity contribution < 1.29 is 4.74 Å². The highest BCUT2D eigenvalue weighted by Crippen LogP contribution is 2.39. The van der Waals surface area contributed by atoms with E-state index >= 15 is 0 Å². The third-order valence-corrected chi connectivity index (χ3v) is 6.41. The zero-order valence-corrected chi connectivity index (χ0v) is 16.3. The van der Waals surface area contributed by atoms with Crippen LogP contribution in [0.4, 0.5) is 0 Å². The highest BCUT2D eigenvalue weighted by molar-refractivity contribution is 5.78. The number of benzene rings is 4. The average Bonchev–Trinajstić information content (AvgIpc) is 3.33. The Kier molecular flexibility index (Phi) is 3.88. The maximum absolute atomic E-state index is 6.25. The van der Waals surface area contributed by atoms with Gasteiger partial charge in [0.2, 0.25) is 0 Å². The summed E-state index contributed by atoms with van der Waals surface area (Å²) in [4.78, 5) is 0. The first-order valence-corrected chi connectivity index (χ1v) is 10.3. The zero-order chi connectivity index (χ0) is 19.2. The molecule has 0 amide bonds. The van der Waals surface area contributed by atoms with Crippen LogP contribution in [-0.2, 0) is 30.8 Å². The first-order valence-electron chi connectivity index (χ1n) is 10.3. The predicted octanol–water partition coefficient (Wildman–Crippen LogP) is 6.55. The van der Waals surface area contributed by atoms with Crippen molar-refractivity contribution in [3.8, 4) is 22.3 Å². The van der Waals surface area contributed by atoms with Crippen molar-refractivity contribution >= 4 is 0 Å². The second kappa shape index (κ2) is 6.72. The van der Waals surface area contributed by atoms with Crippen LogP contribution >= 0.6 is 0 Å². The Hall–Kier alpha value is -3.16. The van der Waals surface area contributed by atoms with Crippen LogP contribution in [0.25, 0.3) is 22.3 Å². The number of hydrogen-bond acceptors (Lipinski definition) is 1. The largest absolute Gasteiger partial charge is 0.372 e. The fraction of sp³-hybridized carbons (Fsp3) is 0.143. The standard InChI is InChI=1S/C28H22O/c1-3-11-23-19(7-1)15-27-21(9-5-13-25(23)27)17-29-18-22-10-6-14-26-24-12-4-2-8-20(24)16-28(22)26/h1-14H,15-18H2. The van der Waals surface area contributed by atoms with Gasteiger partial charge < -0.3 is 4.74 Å². The summed E-state index contributed by atoms with van der Waals surface area (Å²) in [6.45, 7) is 1.32. The number of fused-ring (bicyclic) bond motifs is 6. The maximum atomic E-state index is 6.25. The Bertz CT molecular complexity index is 1140. The van der Waals surface area contributed by atoms with Gasteiger partial charge in [-0.1, -0.05) is 84.9 Å². The SMILES string of the molecule is c1ccc2c(c1)Cc1c(COCc3cccc4c3Cc3ccccc3-4)cccc1-2. The lowest BCUT2D eigenvalue weighted by molar-refractivity contribution is 0.106. The van der Waals surface area contributed by atoms with Crippen molar-refractivity contribution in [1.29, 1.82) is 0 Å². The number of ether oxygens (including phenoxy) is 1. The molecule has 1 nitrogen and oxygen atoms in total. The lowest BCUT2D eigenvalue weighted by Crippen LogP contribution is -2.00. The third-order valence-electron chi connectivity index (χ3n) is 6.41. The van der Waals surface area contributed by atoms with Gasteiger partial charge in [-0.05, 0) is 68.5 Å². The fourth-order valence-electron chi connectivity index (χ4n) is 4.99. The van der Waals surface area contributed by atoms with E-state index in [2.05, 4.69) is 84.9 Å². The first kappa shape index (κ1) is 16.8. The van der Waals surface area contributed by atoms with Gasteiger partial charge in [-0.15, -0.1) is 0 Å². The molecule has 2 aliphatic rings. The van der Waals surface area contributed by atoms with Crippen LogP contribution < -0.4 is 0 Å². The second-order valence-electron chi connectivity index (χ2n) is 8.05. The van der Waals surface area contributed by atoms with Crippen molar-refractivity contribution in [2.45, 2.75) is 26.1 Å². The molecule has 0 atom stereocenters. The molecule has 4 aromatic rings. The molecule has 29 heavy (non-hydrogen) atoms. The van der Waals surface area contributed by atoms with Crippen LogP contribution in [-0.4, -0.2) is 0 Å². The Morgan fingerprint density at radius 2 is 0.931 bits per heavy atom. The number of hydrogen-bond donors (Lipinski definition) is 0. The highest BCUT2D eigenvalue weighted by Gasteiger charge is 2.22. The van der Waals surface area contributed by atoms with E-state index < -0.39 is 0 Å². The smallest absolute Gasteiger partial charge is 0.0724 e. The molecule has 0 spiro atoms. The zero-order valence-electron chi connectivity index (χ0n) is 16.3. The van der Waals surface area contributed by atoms with Crippen molar-refractivity contribution in [1.82, 2.24) is 0 Å². The number of rotatable bonds is 4. The van der Waals surface area contributed by atoms with Crippen LogP contribution in [0.5, 0.6) is 0 Å². The molecule has 0 aliphatic heterocycles. The van der Waals surface area contributed by atoms with E-state index in [9.17, 15) is 0 Å². The van der Waals surface area contributed by atoms with Crippen molar-refractivity contribution in [2.75, 3.05) is 0 Å². The summed E-state index contributed by atoms with van der Waals surface area (Å²) in [7, 11) is 0. The molecular weight excluding hydrogens is 352 g/mol. The highest BCUT2D eigenvalue weighted by atomic mass is 16.5. The molecule has 0 bridgehead atoms. The molecule has 4 aromatic carbocycles. The monoisotopic (exact) mass is 374 g/mol. The lowest BCUT2D eigenvalue weighted by atomic mass is 10.0. The summed E-state index contributed by atoms with van der Waals surface area (Å²) in [5.74, 6) is 0. The Labute approximate surface area is 171 Å². The Morgan fingerprint density at radius 1 is 0.483 bits per heavy atom. The molecule has 0 radical (unpaired) electrons. The summed E-state index contributed by atoms with van der Waals surface area (Å²) in [6, 6.07) is 30.7. The van der Waals surface area contributed by atoms with Gasteiger partial charge in [-0.2, -0.15) is 0 Å². The van der Waals surface area contributed by atoms with E-state index in [0.717, 1.165) is 12.8 Å². The minimum atomic E-state index is 0.660. The van der Waals surface area contributed by atoms with Crippen LogP contribution in [0.1, 0.15) is 33.4 Å². The van der Waals surface area contributed by atoms with Crippen molar-refractivity contribution in [2.24, 2.45) is 0 Å². The van der Waals surface area contributed by atoms with Gasteiger partial charge >= 0.3 is 0 Å². The minimum Gasteiger partial charge on any atom is -0.372 e. The molecule has 2 aliphatic carbocycles. The topological polar surface area (TPSA) is 9.23 Å². The summed E-state index contributed by atoms with van der Waals surface area (Å²) >= 11 is 0. The molecule has 140 valence electrons. The molecule has 0 heterocycles. The van der Waals surface area contributed by atoms with Crippen LogP contribution in [0, 0.1) is 0 Å². The molecule has 1 heteroatoms. The molecule has 6 rings (SSSR count). The molecule has 0 N–H and O–H groups in total. The van der Waals surface area contributed by atoms with E-state index in [1.807, 2.05) is 0 Å². The molecule has 0 saturated carbocycles. The van der Waals surface area contributed by atoms with Gasteiger partial charge in [0.05, 0.1) is 13.2 Å². The normalized spacial score (nSPS) is 13.0. The Balaban J connectivity index is 1.23. The van der Waals surface area contributed by atoms with E-state index in [0.29, 0.717) is 13.2 Å². The van der Waals surface area contributed by atoms with Gasteiger partial charge in [-0.3, -0.25) is 0 Å². The van der Waals surface area contributed by atoms with Gasteiger partial charge in [0.25, 0.3) is 0 Å². The van der Waals surface area contributed by atoms with Crippen LogP contribution in [0.2, 0.25) is 0 Å². The van der Waals surface area contributed by atoms with Crippen molar-refractivity contribution in [3.05, 3.63) is 118 Å². The van der Waals surface area contributed by atoms with Crippen molar-refractivity contribution in [3.63, 3.8) is 0 Å². The summed E-state index contributed by atoms with van der Waals surface area (Å²) in [5, 5.41) is 0. The summed E-state index contributed by atoms with van der Waals surface area (Å²) < 4.78 is 6.25. The molecule has 0 fully saturated rings. The molecular formula is C28H22O. The summed E-state index contributed by atoms with van der Waals surface area (Å²) in [5.41, 5.74) is 13.8. The lowest BCUT2D eigenvalue weighted by Gasteiger charge is -2.12. The van der Waals surface area contributed by atoms with E-state index in [1.165, 1.54) is 55.6 Å². The van der Waals surface area contributed by atoms with Gasteiger partial charge in [0, 0.05) is 0 Å². The van der Waals surface area contributed by atoms with Crippen LogP contribution in [0.3, 0.4) is 0 Å². The van der Waals surface area contributed by atoms with E-state index in [1.54, 1.807) is 0 Å². The van der Waals surface area contributed by atoms with Gasteiger partial charge in [0.1, 0.15) is 0 Å². The second-order valence-corrected chi connectivity index (χ2v) is 8.05. The van der Waals surface area contributed by atoms with Crippen LogP contribution in [0.15, 0.2) is 84.9 Å². The van der Waals surface area contributed by atoms with E-state index in [-0.39, 0.29) is 0 Å². The Morgan fingerprint density at radius 3 is 1.45 bits per heavy atom. The quantitative estimate of drug-likeness (QED) is 0.340. The minimum absolute atomic E-state index is 0.660. The first-order chi connectivity index (χ1) is 14.4. The van der Waals surface area contributed by atoms with Gasteiger partial charge in [-0.25, -0.2) is 0 Å². The predicted molar refractivity (Wildman–Crippen MR) is 118 cm³/mol. The molecule has 0 aromatic heterocycles. The maximum Gasteiger partial charge on any atom is 0.0724 e. The van der Waals surface area contributed by atoms with E-state index in [4.69, 9.17) is 4.74 Å². The molecule has 0 unspecified atom stereocenters.